The van der Waals surface area contributed by atoms with Crippen LogP contribution < -0.4 is 10.6 Å². The third-order valence-electron chi connectivity index (χ3n) is 3.76. The zero-order chi connectivity index (χ0) is 16.4. The van der Waals surface area contributed by atoms with Gasteiger partial charge in [-0.3, -0.25) is 9.78 Å². The van der Waals surface area contributed by atoms with Crippen molar-refractivity contribution in [2.24, 2.45) is 0 Å². The van der Waals surface area contributed by atoms with Crippen molar-refractivity contribution in [1.29, 1.82) is 0 Å². The van der Waals surface area contributed by atoms with Crippen LogP contribution in [0.15, 0.2) is 72.3 Å². The highest BCUT2D eigenvalue weighted by Crippen LogP contribution is 2.30. The highest BCUT2D eigenvalue weighted by atomic mass is 16.3. The van der Waals surface area contributed by atoms with E-state index in [1.807, 2.05) is 19.1 Å². The Bertz CT molecular complexity index is 780. The van der Waals surface area contributed by atoms with Crippen LogP contribution in [0.1, 0.15) is 18.5 Å². The molecule has 3 rings (SSSR count). The zero-order valence-electron chi connectivity index (χ0n) is 12.7. The topological polar surface area (TPSA) is 74.2 Å². The predicted molar refractivity (Wildman–Crippen MR) is 88.7 cm³/mol. The first-order valence-corrected chi connectivity index (χ1v) is 7.27. The number of Topliss-reactive ketones (excluding diaryl/α,β-unsaturated/α-hetero) is 1. The van der Waals surface area contributed by atoms with Crippen molar-refractivity contribution < 1.29 is 9.90 Å². The molecule has 3 N–H and O–H groups in total. The number of nitrogens with one attached hydrogen (secondary N) is 2. The summed E-state index contributed by atoms with van der Waals surface area (Å²) in [6.07, 6.45) is 3.32. The quantitative estimate of drug-likeness (QED) is 0.741. The van der Waals surface area contributed by atoms with Gasteiger partial charge in [0, 0.05) is 29.7 Å². The van der Waals surface area contributed by atoms with Gasteiger partial charge in [-0.1, -0.05) is 18.7 Å². The number of aromatic nitrogens is 1. The van der Waals surface area contributed by atoms with E-state index in [0.29, 0.717) is 17.0 Å². The molecular weight excluding hydrogens is 290 g/mol. The number of carbonyl (C=O) groups is 1. The van der Waals surface area contributed by atoms with Crippen molar-refractivity contribution in [3.63, 3.8) is 0 Å². The predicted octanol–water partition coefficient (Wildman–Crippen LogP) is 2.90. The molecule has 5 nitrogen and oxygen atoms in total. The average molecular weight is 307 g/mol. The summed E-state index contributed by atoms with van der Waals surface area (Å²) in [6.45, 7) is 5.80. The highest BCUT2D eigenvalue weighted by Gasteiger charge is 2.33. The number of allylic oxidation sites excluding steroid dienone is 2. The van der Waals surface area contributed by atoms with E-state index in [2.05, 4.69) is 22.2 Å². The van der Waals surface area contributed by atoms with Gasteiger partial charge in [-0.25, -0.2) is 0 Å². The number of carbonyl (C=O) groups excluding carboxylic acids is 1. The van der Waals surface area contributed by atoms with Crippen molar-refractivity contribution in [3.8, 4) is 5.75 Å². The third-order valence-corrected chi connectivity index (χ3v) is 3.76. The summed E-state index contributed by atoms with van der Waals surface area (Å²) >= 11 is 0. The second-order valence-corrected chi connectivity index (χ2v) is 5.38. The van der Waals surface area contributed by atoms with Gasteiger partial charge in [0.2, 0.25) is 5.78 Å². The van der Waals surface area contributed by atoms with E-state index in [1.165, 1.54) is 0 Å². The van der Waals surface area contributed by atoms with Crippen LogP contribution in [0, 0.1) is 0 Å². The van der Waals surface area contributed by atoms with Crippen molar-refractivity contribution in [1.82, 2.24) is 10.3 Å². The van der Waals surface area contributed by atoms with Gasteiger partial charge in [0.15, 0.2) is 0 Å². The lowest BCUT2D eigenvalue weighted by atomic mass is 9.91. The normalized spacial score (nSPS) is 15.2. The molecule has 0 aliphatic heterocycles. The van der Waals surface area contributed by atoms with Crippen LogP contribution in [0.25, 0.3) is 0 Å². The van der Waals surface area contributed by atoms with Crippen LogP contribution >= 0.6 is 0 Å². The molecule has 0 fully saturated rings. The lowest BCUT2D eigenvalue weighted by molar-refractivity contribution is -0.113. The maximum absolute atomic E-state index is 12.0. The van der Waals surface area contributed by atoms with Crippen molar-refractivity contribution >= 4 is 11.5 Å². The number of rotatable bonds is 5. The Morgan fingerprint density at radius 2 is 1.74 bits per heavy atom. The minimum atomic E-state index is -0.0952. The number of benzene rings is 1. The van der Waals surface area contributed by atoms with E-state index < -0.39 is 0 Å². The van der Waals surface area contributed by atoms with Crippen LogP contribution in [-0.2, 0) is 4.79 Å². The van der Waals surface area contributed by atoms with Crippen LogP contribution in [0.4, 0.5) is 5.69 Å². The monoisotopic (exact) mass is 307 g/mol. The molecule has 2 aromatic rings. The molecule has 1 heterocycles. The molecule has 23 heavy (non-hydrogen) atoms. The first kappa shape index (κ1) is 14.8. The van der Waals surface area contributed by atoms with Gasteiger partial charge in [0.05, 0.1) is 5.70 Å². The van der Waals surface area contributed by atoms with Gasteiger partial charge < -0.3 is 15.7 Å². The van der Waals surface area contributed by atoms with E-state index in [0.717, 1.165) is 11.3 Å². The van der Waals surface area contributed by atoms with Gasteiger partial charge in [0.1, 0.15) is 11.4 Å². The fourth-order valence-corrected chi connectivity index (χ4v) is 2.39. The third kappa shape index (κ3) is 2.94. The van der Waals surface area contributed by atoms with Gasteiger partial charge in [-0.05, 0) is 36.8 Å². The number of hydrogen-bond donors (Lipinski definition) is 3. The second-order valence-electron chi connectivity index (χ2n) is 5.38. The molecule has 0 amide bonds. The Hall–Kier alpha value is -3.08. The van der Waals surface area contributed by atoms with E-state index in [4.69, 9.17) is 0 Å². The number of anilines is 1. The van der Waals surface area contributed by atoms with Crippen molar-refractivity contribution in [2.45, 2.75) is 13.0 Å². The summed E-state index contributed by atoms with van der Waals surface area (Å²) in [6, 6.07) is 10.5. The Morgan fingerprint density at radius 3 is 2.39 bits per heavy atom. The summed E-state index contributed by atoms with van der Waals surface area (Å²) in [5.41, 5.74) is 3.49. The molecule has 0 unspecified atom stereocenters. The van der Waals surface area contributed by atoms with Gasteiger partial charge >= 0.3 is 0 Å². The van der Waals surface area contributed by atoms with Crippen LogP contribution in [0.2, 0.25) is 0 Å². The first-order valence-electron chi connectivity index (χ1n) is 7.27. The van der Waals surface area contributed by atoms with Crippen LogP contribution in [0.3, 0.4) is 0 Å². The van der Waals surface area contributed by atoms with Crippen molar-refractivity contribution in [2.75, 3.05) is 5.32 Å². The molecule has 0 saturated heterocycles. The summed E-state index contributed by atoms with van der Waals surface area (Å²) < 4.78 is 0. The number of pyridine rings is 1. The summed E-state index contributed by atoms with van der Waals surface area (Å²) in [5.74, 6) is 0.130. The molecule has 0 radical (unpaired) electrons. The number of nitrogens with zero attached hydrogens (tertiary/aromatic N) is 1. The molecule has 0 spiro atoms. The van der Waals surface area contributed by atoms with Gasteiger partial charge in [-0.15, -0.1) is 0 Å². The minimum Gasteiger partial charge on any atom is -0.508 e. The number of ketones is 1. The maximum Gasteiger partial charge on any atom is 0.212 e. The summed E-state index contributed by atoms with van der Waals surface area (Å²) in [7, 11) is 0. The Labute approximate surface area is 134 Å². The van der Waals surface area contributed by atoms with Crippen LogP contribution in [-0.4, -0.2) is 15.9 Å². The molecule has 1 aliphatic carbocycles. The maximum atomic E-state index is 12.0. The largest absolute Gasteiger partial charge is 0.508 e. The van der Waals surface area contributed by atoms with Gasteiger partial charge in [-0.2, -0.15) is 0 Å². The standard InChI is InChI=1S/C18H17N3O2/c1-11-16(20-12(2)13-3-5-15(22)6-4-13)17(18(11)23)21-14-7-9-19-10-8-14/h3-10,12,20,22H,1H2,2H3,(H,19,21)/t12-/m1/s1. The molecule has 5 heteroatoms. The molecule has 1 aliphatic rings. The molecule has 116 valence electrons. The Kier molecular flexibility index (Phi) is 3.85. The fraction of sp³-hybridized carbons (Fsp3) is 0.111. The van der Waals surface area contributed by atoms with E-state index in [9.17, 15) is 9.90 Å². The van der Waals surface area contributed by atoms with E-state index in [-0.39, 0.29) is 17.6 Å². The fourth-order valence-electron chi connectivity index (χ4n) is 2.39. The molecule has 1 aromatic carbocycles. The zero-order valence-corrected chi connectivity index (χ0v) is 12.7. The smallest absolute Gasteiger partial charge is 0.212 e. The highest BCUT2D eigenvalue weighted by molar-refractivity contribution is 6.20. The van der Waals surface area contributed by atoms with Crippen LogP contribution in [0.5, 0.6) is 5.75 Å². The summed E-state index contributed by atoms with van der Waals surface area (Å²) in [4.78, 5) is 16.0. The lowest BCUT2D eigenvalue weighted by Gasteiger charge is -2.29. The number of phenolic OH excluding ortho intramolecular Hbond substituents is 1. The average Bonchev–Trinajstić information content (AvgIpc) is 2.59. The van der Waals surface area contributed by atoms with E-state index in [1.54, 1.807) is 36.7 Å². The molecule has 0 saturated carbocycles. The minimum absolute atomic E-state index is 0.0234. The number of phenols is 1. The number of aromatic hydroxyl groups is 1. The molecule has 1 atom stereocenters. The first-order chi connectivity index (χ1) is 11.1. The molecule has 1 aromatic heterocycles. The number of hydrogen-bond acceptors (Lipinski definition) is 5. The SMILES string of the molecule is C=C1C(=O)C(Nc2ccncc2)=C1N[C@H](C)c1ccc(O)cc1. The second kappa shape index (κ2) is 5.96. The van der Waals surface area contributed by atoms with Crippen molar-refractivity contribution in [3.05, 3.63) is 77.9 Å². The molecule has 0 bridgehead atoms. The van der Waals surface area contributed by atoms with Gasteiger partial charge in [0.25, 0.3) is 0 Å². The van der Waals surface area contributed by atoms with E-state index >= 15 is 0 Å². The summed E-state index contributed by atoms with van der Waals surface area (Å²) in [5, 5.41) is 15.8. The lowest BCUT2D eigenvalue weighted by Crippen LogP contribution is -2.35. The Balaban J connectivity index is 1.80. The molecular formula is C18H17N3O2. The Morgan fingerprint density at radius 1 is 1.09 bits per heavy atom.